The van der Waals surface area contributed by atoms with Crippen molar-refractivity contribution < 1.29 is 17.9 Å². The molecule has 1 rings (SSSR count). The lowest BCUT2D eigenvalue weighted by Crippen LogP contribution is -2.27. The topological polar surface area (TPSA) is 72.5 Å². The Morgan fingerprint density at radius 1 is 1.25 bits per heavy atom. The molecule has 5 nitrogen and oxygen atoms in total. The summed E-state index contributed by atoms with van der Waals surface area (Å²) in [4.78, 5) is 11.5. The lowest BCUT2D eigenvalue weighted by atomic mass is 10.2. The molecule has 0 aliphatic heterocycles. The molecule has 1 N–H and O–H groups in total. The molecule has 110 valence electrons. The standard InChI is InChI=1S/C13H16ClNO4S/c1-13(2,3)19-12(16)15-11-6-4-10(5-7-11)8-9-20(14,17)18/h4-9H,1-3H3,(H,15,16)/b9-8+. The van der Waals surface area contributed by atoms with Crippen molar-refractivity contribution in [2.75, 3.05) is 5.32 Å². The van der Waals surface area contributed by atoms with Gasteiger partial charge in [0.1, 0.15) is 5.60 Å². The molecule has 0 spiro atoms. The second kappa shape index (κ2) is 6.28. The molecule has 7 heteroatoms. The maximum atomic E-state index is 11.5. The van der Waals surface area contributed by atoms with E-state index in [-0.39, 0.29) is 0 Å². The Balaban J connectivity index is 2.68. The van der Waals surface area contributed by atoms with Crippen molar-refractivity contribution in [3.8, 4) is 0 Å². The van der Waals surface area contributed by atoms with Crippen molar-refractivity contribution >= 4 is 37.6 Å². The van der Waals surface area contributed by atoms with Gasteiger partial charge in [0, 0.05) is 21.8 Å². The third-order valence-corrected chi connectivity index (χ3v) is 2.75. The first-order valence-electron chi connectivity index (χ1n) is 5.78. The Hall–Kier alpha value is -1.53. The summed E-state index contributed by atoms with van der Waals surface area (Å²) in [5.74, 6) is 0. The van der Waals surface area contributed by atoms with Crippen LogP contribution in [0.15, 0.2) is 29.7 Å². The van der Waals surface area contributed by atoms with E-state index in [0.717, 1.165) is 5.41 Å². The lowest BCUT2D eigenvalue weighted by molar-refractivity contribution is 0.0636. The lowest BCUT2D eigenvalue weighted by Gasteiger charge is -2.19. The number of carbonyl (C=O) groups excluding carboxylic acids is 1. The van der Waals surface area contributed by atoms with Crippen LogP contribution in [0.2, 0.25) is 0 Å². The van der Waals surface area contributed by atoms with Crippen LogP contribution in [0.1, 0.15) is 26.3 Å². The molecule has 20 heavy (non-hydrogen) atoms. The zero-order valence-electron chi connectivity index (χ0n) is 11.4. The van der Waals surface area contributed by atoms with Gasteiger partial charge in [-0.15, -0.1) is 0 Å². The average Bonchev–Trinajstić information content (AvgIpc) is 2.24. The molecule has 1 aromatic carbocycles. The van der Waals surface area contributed by atoms with Gasteiger partial charge in [0.25, 0.3) is 9.05 Å². The fourth-order valence-electron chi connectivity index (χ4n) is 1.26. The summed E-state index contributed by atoms with van der Waals surface area (Å²) in [6.07, 6.45) is 0.809. The number of carbonyl (C=O) groups is 1. The minimum Gasteiger partial charge on any atom is -0.444 e. The number of ether oxygens (including phenoxy) is 1. The van der Waals surface area contributed by atoms with Gasteiger partial charge in [-0.2, -0.15) is 0 Å². The summed E-state index contributed by atoms with van der Waals surface area (Å²) in [5.41, 5.74) is 0.621. The average molecular weight is 318 g/mol. The van der Waals surface area contributed by atoms with Gasteiger partial charge in [-0.25, -0.2) is 13.2 Å². The zero-order chi connectivity index (χ0) is 15.4. The van der Waals surface area contributed by atoms with Crippen molar-refractivity contribution in [2.24, 2.45) is 0 Å². The molecule has 1 aromatic rings. The number of hydrogen-bond donors (Lipinski definition) is 1. The zero-order valence-corrected chi connectivity index (χ0v) is 13.0. The largest absolute Gasteiger partial charge is 0.444 e. The van der Waals surface area contributed by atoms with Crippen molar-refractivity contribution in [3.63, 3.8) is 0 Å². The molecule has 0 bridgehead atoms. The van der Waals surface area contributed by atoms with Crippen LogP contribution in [0.3, 0.4) is 0 Å². The molecule has 0 aromatic heterocycles. The van der Waals surface area contributed by atoms with Crippen LogP contribution in [-0.2, 0) is 13.8 Å². The summed E-state index contributed by atoms with van der Waals surface area (Å²) in [6, 6.07) is 6.55. The first-order valence-corrected chi connectivity index (χ1v) is 8.15. The minimum atomic E-state index is -3.67. The molecule has 0 heterocycles. The van der Waals surface area contributed by atoms with Crippen LogP contribution < -0.4 is 5.32 Å². The van der Waals surface area contributed by atoms with Crippen LogP contribution in [-0.4, -0.2) is 20.1 Å². The van der Waals surface area contributed by atoms with Crippen molar-refractivity contribution in [1.29, 1.82) is 0 Å². The normalized spacial score (nSPS) is 12.4. The van der Waals surface area contributed by atoms with E-state index in [4.69, 9.17) is 15.4 Å². The van der Waals surface area contributed by atoms with E-state index in [9.17, 15) is 13.2 Å². The van der Waals surface area contributed by atoms with Gasteiger partial charge >= 0.3 is 6.09 Å². The van der Waals surface area contributed by atoms with Crippen molar-refractivity contribution in [2.45, 2.75) is 26.4 Å². The summed E-state index contributed by atoms with van der Waals surface area (Å²) in [6.45, 7) is 5.31. The first-order chi connectivity index (χ1) is 9.05. The van der Waals surface area contributed by atoms with Crippen LogP contribution in [0, 0.1) is 0 Å². The number of amides is 1. The molecule has 1 amide bonds. The summed E-state index contributed by atoms with van der Waals surface area (Å²) in [5, 5.41) is 3.46. The smallest absolute Gasteiger partial charge is 0.412 e. The molecule has 0 aliphatic carbocycles. The molecular formula is C13H16ClNO4S. The summed E-state index contributed by atoms with van der Waals surface area (Å²) < 4.78 is 26.6. The third kappa shape index (κ3) is 7.16. The van der Waals surface area contributed by atoms with Crippen LogP contribution in [0.5, 0.6) is 0 Å². The van der Waals surface area contributed by atoms with Gasteiger partial charge in [-0.05, 0) is 44.5 Å². The predicted octanol–water partition coefficient (Wildman–Crippen LogP) is 3.57. The number of hydrogen-bond acceptors (Lipinski definition) is 4. The Morgan fingerprint density at radius 2 is 1.80 bits per heavy atom. The first kappa shape index (κ1) is 16.5. The van der Waals surface area contributed by atoms with E-state index in [1.165, 1.54) is 6.08 Å². The highest BCUT2D eigenvalue weighted by molar-refractivity contribution is 8.16. The molecule has 0 aliphatic rings. The fraction of sp³-hybridized carbons (Fsp3) is 0.308. The molecule has 0 fully saturated rings. The van der Waals surface area contributed by atoms with Crippen LogP contribution >= 0.6 is 10.7 Å². The summed E-state index contributed by atoms with van der Waals surface area (Å²) >= 11 is 0. The van der Waals surface area contributed by atoms with Gasteiger partial charge in [0.2, 0.25) is 0 Å². The third-order valence-electron chi connectivity index (χ3n) is 1.98. The van der Waals surface area contributed by atoms with Crippen molar-refractivity contribution in [3.05, 3.63) is 35.2 Å². The highest BCUT2D eigenvalue weighted by atomic mass is 35.7. The van der Waals surface area contributed by atoms with E-state index in [0.29, 0.717) is 11.3 Å². The van der Waals surface area contributed by atoms with Crippen LogP contribution in [0.25, 0.3) is 6.08 Å². The van der Waals surface area contributed by atoms with Crippen molar-refractivity contribution in [1.82, 2.24) is 0 Å². The monoisotopic (exact) mass is 317 g/mol. The predicted molar refractivity (Wildman–Crippen MR) is 80.1 cm³/mol. The van der Waals surface area contributed by atoms with E-state index in [1.54, 1.807) is 45.0 Å². The molecule has 0 saturated carbocycles. The Bertz CT molecular complexity index is 600. The van der Waals surface area contributed by atoms with E-state index in [2.05, 4.69) is 5.32 Å². The quantitative estimate of drug-likeness (QED) is 0.865. The molecule has 0 saturated heterocycles. The number of benzene rings is 1. The molecule has 0 radical (unpaired) electrons. The Morgan fingerprint density at radius 3 is 2.25 bits per heavy atom. The number of anilines is 1. The van der Waals surface area contributed by atoms with E-state index >= 15 is 0 Å². The highest BCUT2D eigenvalue weighted by Gasteiger charge is 2.15. The minimum absolute atomic E-state index is 0.546. The van der Waals surface area contributed by atoms with Gasteiger partial charge < -0.3 is 4.74 Å². The highest BCUT2D eigenvalue weighted by Crippen LogP contribution is 2.14. The molecular weight excluding hydrogens is 302 g/mol. The summed E-state index contributed by atoms with van der Waals surface area (Å²) in [7, 11) is 1.39. The van der Waals surface area contributed by atoms with Crippen LogP contribution in [0.4, 0.5) is 10.5 Å². The van der Waals surface area contributed by atoms with Gasteiger partial charge in [-0.1, -0.05) is 12.1 Å². The molecule has 0 atom stereocenters. The fourth-order valence-corrected chi connectivity index (χ4v) is 1.73. The Labute approximate surface area is 123 Å². The Kier molecular flexibility index (Phi) is 5.19. The number of halogens is 1. The SMILES string of the molecule is CC(C)(C)OC(=O)Nc1ccc(/C=C/S(=O)(=O)Cl)cc1. The van der Waals surface area contributed by atoms with Gasteiger partial charge in [0.15, 0.2) is 0 Å². The van der Waals surface area contributed by atoms with E-state index in [1.807, 2.05) is 0 Å². The number of rotatable bonds is 3. The number of nitrogens with one attached hydrogen (secondary N) is 1. The maximum Gasteiger partial charge on any atom is 0.412 e. The molecule has 0 unspecified atom stereocenters. The second-order valence-electron chi connectivity index (χ2n) is 5.03. The second-order valence-corrected chi connectivity index (χ2v) is 7.54. The van der Waals surface area contributed by atoms with E-state index < -0.39 is 20.7 Å². The van der Waals surface area contributed by atoms with Gasteiger partial charge in [0.05, 0.1) is 0 Å². The maximum absolute atomic E-state index is 11.5. The van der Waals surface area contributed by atoms with Gasteiger partial charge in [-0.3, -0.25) is 5.32 Å².